The molecule has 0 radical (unpaired) electrons. The third-order valence-electron chi connectivity index (χ3n) is 4.06. The van der Waals surface area contributed by atoms with E-state index in [1.165, 1.54) is 0 Å². The monoisotopic (exact) mass is 353 g/mol. The fraction of sp³-hybridized carbons (Fsp3) is 0.375. The molecule has 4 rings (SSSR count). The Kier molecular flexibility index (Phi) is 3.68. The Balaban J connectivity index is 1.85. The fourth-order valence-corrected chi connectivity index (χ4v) is 2.84. The molecule has 1 aliphatic heterocycles. The topological polar surface area (TPSA) is 56.2 Å². The van der Waals surface area contributed by atoms with E-state index in [1.807, 2.05) is 0 Å². The average molecular weight is 354 g/mol. The minimum Gasteiger partial charge on any atom is -0.477 e. The molecule has 1 aromatic carbocycles. The fourth-order valence-electron chi connectivity index (χ4n) is 2.73. The van der Waals surface area contributed by atoms with Crippen LogP contribution in [-0.2, 0) is 6.54 Å². The predicted molar refractivity (Wildman–Crippen MR) is 83.2 cm³/mol. The molecule has 2 aliphatic rings. The van der Waals surface area contributed by atoms with Gasteiger partial charge >= 0.3 is 0 Å². The summed E-state index contributed by atoms with van der Waals surface area (Å²) in [7, 11) is 0. The second-order valence-electron chi connectivity index (χ2n) is 5.96. The van der Waals surface area contributed by atoms with Crippen LogP contribution < -0.4 is 10.1 Å². The van der Waals surface area contributed by atoms with Crippen molar-refractivity contribution >= 4 is 17.5 Å². The van der Waals surface area contributed by atoms with Crippen LogP contribution >= 0.6 is 11.6 Å². The van der Waals surface area contributed by atoms with E-state index in [-0.39, 0.29) is 23.2 Å². The zero-order chi connectivity index (χ0) is 16.8. The normalized spacial score (nSPS) is 16.5. The number of halogens is 3. The van der Waals surface area contributed by atoms with Gasteiger partial charge in [0.15, 0.2) is 5.69 Å². The van der Waals surface area contributed by atoms with E-state index in [0.717, 1.165) is 31.4 Å². The van der Waals surface area contributed by atoms with E-state index in [1.54, 1.807) is 4.68 Å². The lowest BCUT2D eigenvalue weighted by Gasteiger charge is -2.16. The summed E-state index contributed by atoms with van der Waals surface area (Å²) in [6.07, 6.45) is 2.60. The summed E-state index contributed by atoms with van der Waals surface area (Å²) >= 11 is 5.55. The Labute approximate surface area is 141 Å². The Morgan fingerprint density at radius 1 is 1.33 bits per heavy atom. The number of benzene rings is 1. The molecule has 1 aliphatic carbocycles. The number of amides is 1. The zero-order valence-electron chi connectivity index (χ0n) is 12.6. The second-order valence-corrected chi connectivity index (χ2v) is 6.33. The smallest absolute Gasteiger partial charge is 0.272 e. The molecule has 126 valence electrons. The summed E-state index contributed by atoms with van der Waals surface area (Å²) in [5, 5.41) is 6.56. The maximum atomic E-state index is 13.9. The first kappa shape index (κ1) is 15.4. The number of nitrogens with one attached hydrogen (secondary N) is 1. The van der Waals surface area contributed by atoms with E-state index in [9.17, 15) is 13.6 Å². The van der Waals surface area contributed by atoms with Crippen molar-refractivity contribution in [2.24, 2.45) is 0 Å². The van der Waals surface area contributed by atoms with Gasteiger partial charge < -0.3 is 10.1 Å². The molecule has 8 heteroatoms. The van der Waals surface area contributed by atoms with Gasteiger partial charge in [-0.3, -0.25) is 4.79 Å². The number of ether oxygens (including phenoxy) is 1. The predicted octanol–water partition coefficient (Wildman–Crippen LogP) is 3.16. The number of aryl methyl sites for hydroxylation is 1. The van der Waals surface area contributed by atoms with Crippen LogP contribution in [0.25, 0.3) is 11.1 Å². The Morgan fingerprint density at radius 2 is 2.04 bits per heavy atom. The molecule has 1 N–H and O–H groups in total. The van der Waals surface area contributed by atoms with Crippen molar-refractivity contribution in [2.75, 3.05) is 6.61 Å². The first-order valence-electron chi connectivity index (χ1n) is 7.74. The Morgan fingerprint density at radius 3 is 2.71 bits per heavy atom. The van der Waals surface area contributed by atoms with Crippen molar-refractivity contribution in [2.45, 2.75) is 31.8 Å². The molecular weight excluding hydrogens is 340 g/mol. The van der Waals surface area contributed by atoms with Crippen LogP contribution in [0.3, 0.4) is 0 Å². The van der Waals surface area contributed by atoms with Crippen LogP contribution in [0.1, 0.15) is 29.8 Å². The number of nitrogens with zero attached hydrogens (tertiary/aromatic N) is 2. The van der Waals surface area contributed by atoms with E-state index in [4.69, 9.17) is 16.3 Å². The lowest BCUT2D eigenvalue weighted by atomic mass is 10.0. The van der Waals surface area contributed by atoms with Gasteiger partial charge in [-0.05, 0) is 30.5 Å². The molecule has 0 atom stereocenters. The molecule has 2 aromatic rings. The SMILES string of the molecule is O=C(NC1CC1)c1nn2c(c1-c1cc(F)c(Cl)c(F)c1)OCCC2. The molecule has 0 saturated heterocycles. The summed E-state index contributed by atoms with van der Waals surface area (Å²) in [5.41, 5.74) is 0.584. The quantitative estimate of drug-likeness (QED) is 0.862. The molecule has 24 heavy (non-hydrogen) atoms. The highest BCUT2D eigenvalue weighted by Crippen LogP contribution is 2.38. The lowest BCUT2D eigenvalue weighted by molar-refractivity contribution is 0.0945. The van der Waals surface area contributed by atoms with E-state index < -0.39 is 16.7 Å². The van der Waals surface area contributed by atoms with Crippen molar-refractivity contribution in [1.29, 1.82) is 0 Å². The molecule has 1 fully saturated rings. The van der Waals surface area contributed by atoms with Crippen LogP contribution in [0, 0.1) is 11.6 Å². The first-order chi connectivity index (χ1) is 11.5. The number of carbonyl (C=O) groups excluding carboxylic acids is 1. The largest absolute Gasteiger partial charge is 0.477 e. The summed E-state index contributed by atoms with van der Waals surface area (Å²) in [4.78, 5) is 12.5. The van der Waals surface area contributed by atoms with Crippen LogP contribution in [0.5, 0.6) is 5.88 Å². The Hall–Kier alpha value is -2.15. The summed E-state index contributed by atoms with van der Waals surface area (Å²) in [6.45, 7) is 1.04. The van der Waals surface area contributed by atoms with E-state index in [0.29, 0.717) is 24.6 Å². The minimum atomic E-state index is -0.893. The van der Waals surface area contributed by atoms with Gasteiger partial charge in [-0.25, -0.2) is 13.5 Å². The van der Waals surface area contributed by atoms with Crippen LogP contribution in [0.2, 0.25) is 5.02 Å². The molecule has 1 aromatic heterocycles. The standard InChI is InChI=1S/C16H14ClF2N3O2/c17-13-10(18)6-8(7-11(13)19)12-14(15(23)20-9-2-3-9)21-22-4-1-5-24-16(12)22/h6-7,9H,1-5H2,(H,20,23). The highest BCUT2D eigenvalue weighted by molar-refractivity contribution is 6.31. The maximum Gasteiger partial charge on any atom is 0.272 e. The van der Waals surface area contributed by atoms with E-state index in [2.05, 4.69) is 10.4 Å². The summed E-state index contributed by atoms with van der Waals surface area (Å²) in [6, 6.07) is 2.33. The van der Waals surface area contributed by atoms with Crippen molar-refractivity contribution in [3.8, 4) is 17.0 Å². The van der Waals surface area contributed by atoms with Crippen molar-refractivity contribution in [3.05, 3.63) is 34.5 Å². The van der Waals surface area contributed by atoms with Crippen molar-refractivity contribution in [3.63, 3.8) is 0 Å². The maximum absolute atomic E-state index is 13.9. The third kappa shape index (κ3) is 2.62. The summed E-state index contributed by atoms with van der Waals surface area (Å²) in [5.74, 6) is -1.80. The number of aromatic nitrogens is 2. The highest BCUT2D eigenvalue weighted by atomic mass is 35.5. The highest BCUT2D eigenvalue weighted by Gasteiger charge is 2.31. The molecule has 1 amide bonds. The van der Waals surface area contributed by atoms with Gasteiger partial charge in [-0.1, -0.05) is 11.6 Å². The van der Waals surface area contributed by atoms with Crippen LogP contribution in [-0.4, -0.2) is 28.3 Å². The van der Waals surface area contributed by atoms with Gasteiger partial charge in [0.05, 0.1) is 12.2 Å². The Bertz CT molecular complexity index is 810. The van der Waals surface area contributed by atoms with Crippen LogP contribution in [0.15, 0.2) is 12.1 Å². The first-order valence-corrected chi connectivity index (χ1v) is 8.12. The van der Waals surface area contributed by atoms with Crippen molar-refractivity contribution in [1.82, 2.24) is 15.1 Å². The molecule has 1 saturated carbocycles. The van der Waals surface area contributed by atoms with Gasteiger partial charge in [0.2, 0.25) is 5.88 Å². The number of hydrogen-bond acceptors (Lipinski definition) is 3. The van der Waals surface area contributed by atoms with Gasteiger partial charge in [0.25, 0.3) is 5.91 Å². The number of fused-ring (bicyclic) bond motifs is 1. The molecule has 0 bridgehead atoms. The summed E-state index contributed by atoms with van der Waals surface area (Å²) < 4.78 is 34.9. The number of hydrogen-bond donors (Lipinski definition) is 1. The molecule has 2 heterocycles. The molecular formula is C16H14ClF2N3O2. The lowest BCUT2D eigenvalue weighted by Crippen LogP contribution is -2.26. The average Bonchev–Trinajstić information content (AvgIpc) is 3.28. The molecule has 5 nitrogen and oxygen atoms in total. The number of carbonyl (C=O) groups is 1. The van der Waals surface area contributed by atoms with Gasteiger partial charge in [-0.15, -0.1) is 0 Å². The second kappa shape index (κ2) is 5.73. The van der Waals surface area contributed by atoms with Crippen molar-refractivity contribution < 1.29 is 18.3 Å². The van der Waals surface area contributed by atoms with E-state index >= 15 is 0 Å². The van der Waals surface area contributed by atoms with Crippen LogP contribution in [0.4, 0.5) is 8.78 Å². The van der Waals surface area contributed by atoms with Gasteiger partial charge in [0, 0.05) is 19.0 Å². The molecule has 0 spiro atoms. The molecule has 0 unspecified atom stereocenters. The zero-order valence-corrected chi connectivity index (χ0v) is 13.4. The van der Waals surface area contributed by atoms with Gasteiger partial charge in [-0.2, -0.15) is 5.10 Å². The van der Waals surface area contributed by atoms with Gasteiger partial charge in [0.1, 0.15) is 16.7 Å². The number of rotatable bonds is 3. The third-order valence-corrected chi connectivity index (χ3v) is 4.42. The minimum absolute atomic E-state index is 0.111.